The molecule has 2 heterocycles. The summed E-state index contributed by atoms with van der Waals surface area (Å²) in [4.78, 5) is 43.4. The van der Waals surface area contributed by atoms with Gasteiger partial charge in [0, 0.05) is 24.0 Å². The number of imide groups is 1. The summed E-state index contributed by atoms with van der Waals surface area (Å²) in [5.74, 6) is -2.88. The first kappa shape index (κ1) is 16.7. The average Bonchev–Trinajstić information content (AvgIpc) is 2.88. The molecule has 2 N–H and O–H groups in total. The molecule has 3 amide bonds. The molecule has 0 radical (unpaired) electrons. The van der Waals surface area contributed by atoms with Gasteiger partial charge in [0.15, 0.2) is 5.82 Å². The summed E-state index contributed by atoms with van der Waals surface area (Å²) < 4.78 is 14.4. The molecule has 0 saturated carbocycles. The normalized spacial score (nSPS) is 13.4. The second kappa shape index (κ2) is 6.40. The van der Waals surface area contributed by atoms with Crippen molar-refractivity contribution >= 4 is 23.6 Å². The lowest BCUT2D eigenvalue weighted by Crippen LogP contribution is -2.35. The van der Waals surface area contributed by atoms with E-state index in [1.165, 1.54) is 12.4 Å². The van der Waals surface area contributed by atoms with E-state index in [2.05, 4.69) is 9.97 Å². The molecule has 0 spiro atoms. The van der Waals surface area contributed by atoms with E-state index in [-0.39, 0.29) is 17.0 Å². The molecule has 1 aromatic carbocycles. The lowest BCUT2D eigenvalue weighted by molar-refractivity contribution is -0.120. The summed E-state index contributed by atoms with van der Waals surface area (Å²) >= 11 is 0. The molecule has 1 aliphatic rings. The highest BCUT2D eigenvalue weighted by Crippen LogP contribution is 2.31. The van der Waals surface area contributed by atoms with Gasteiger partial charge in [0.2, 0.25) is 0 Å². The zero-order valence-electron chi connectivity index (χ0n) is 12.8. The van der Waals surface area contributed by atoms with E-state index < -0.39 is 35.1 Å². The van der Waals surface area contributed by atoms with Gasteiger partial charge < -0.3 is 5.11 Å². The van der Waals surface area contributed by atoms with E-state index in [0.717, 1.165) is 18.2 Å². The molecule has 2 aromatic rings. The van der Waals surface area contributed by atoms with Crippen molar-refractivity contribution in [2.24, 2.45) is 0 Å². The number of benzene rings is 1. The fourth-order valence-corrected chi connectivity index (χ4v) is 2.35. The van der Waals surface area contributed by atoms with E-state index in [4.69, 9.17) is 5.11 Å². The summed E-state index contributed by atoms with van der Waals surface area (Å²) in [5.41, 5.74) is -0.929. The number of hydrogen-bond donors (Lipinski definition) is 2. The fraction of sp³-hybridized carbons (Fsp3) is 0. The molecule has 1 aliphatic heterocycles. The smallest absolute Gasteiger partial charge is 0.409 e. The van der Waals surface area contributed by atoms with Gasteiger partial charge in [0.25, 0.3) is 11.8 Å². The van der Waals surface area contributed by atoms with Crippen LogP contribution in [0.4, 0.5) is 14.9 Å². The molecule has 128 valence electrons. The van der Waals surface area contributed by atoms with Crippen molar-refractivity contribution < 1.29 is 23.9 Å². The van der Waals surface area contributed by atoms with Crippen LogP contribution in [0.15, 0.2) is 42.4 Å². The molecule has 0 aliphatic carbocycles. The molecule has 1 aromatic heterocycles. The maximum atomic E-state index is 14.4. The van der Waals surface area contributed by atoms with Crippen LogP contribution in [0, 0.1) is 17.1 Å². The van der Waals surface area contributed by atoms with Gasteiger partial charge in [-0.2, -0.15) is 5.26 Å². The van der Waals surface area contributed by atoms with Crippen LogP contribution in [0.3, 0.4) is 0 Å². The first-order valence-electron chi connectivity index (χ1n) is 7.03. The van der Waals surface area contributed by atoms with Crippen LogP contribution in [0.25, 0.3) is 11.4 Å². The fourth-order valence-electron chi connectivity index (χ4n) is 2.35. The van der Waals surface area contributed by atoms with Gasteiger partial charge in [-0.3, -0.25) is 14.9 Å². The van der Waals surface area contributed by atoms with Crippen LogP contribution in [0.5, 0.6) is 0 Å². The summed E-state index contributed by atoms with van der Waals surface area (Å²) in [7, 11) is 0. The molecule has 3 rings (SSSR count). The van der Waals surface area contributed by atoms with E-state index in [9.17, 15) is 24.0 Å². The monoisotopic (exact) mass is 353 g/mol. The highest BCUT2D eigenvalue weighted by Gasteiger charge is 2.35. The van der Waals surface area contributed by atoms with E-state index in [0.29, 0.717) is 4.90 Å². The quantitative estimate of drug-likeness (QED) is 0.791. The maximum absolute atomic E-state index is 14.4. The van der Waals surface area contributed by atoms with Crippen molar-refractivity contribution in [2.45, 2.75) is 0 Å². The highest BCUT2D eigenvalue weighted by molar-refractivity contribution is 6.31. The molecule has 0 fully saturated rings. The minimum Gasteiger partial charge on any atom is -0.465 e. The minimum atomic E-state index is -1.54. The summed E-state index contributed by atoms with van der Waals surface area (Å²) in [6, 6.07) is 5.29. The second-order valence-electron chi connectivity index (χ2n) is 5.00. The van der Waals surface area contributed by atoms with Gasteiger partial charge in [0.1, 0.15) is 11.5 Å². The van der Waals surface area contributed by atoms with Crippen molar-refractivity contribution in [1.82, 2.24) is 15.3 Å². The minimum absolute atomic E-state index is 0.0895. The Labute approximate surface area is 145 Å². The molecule has 10 heteroatoms. The Morgan fingerprint density at radius 2 is 1.96 bits per heavy atom. The molecule has 26 heavy (non-hydrogen) atoms. The number of carbonyl (C=O) groups excluding carboxylic acids is 2. The zero-order valence-corrected chi connectivity index (χ0v) is 12.8. The largest absolute Gasteiger partial charge is 0.465 e. The van der Waals surface area contributed by atoms with Gasteiger partial charge in [-0.05, 0) is 18.2 Å². The number of carbonyl (C=O) groups is 3. The summed E-state index contributed by atoms with van der Waals surface area (Å²) in [6.45, 7) is 0. The molecule has 9 nitrogen and oxygen atoms in total. The third kappa shape index (κ3) is 2.84. The lowest BCUT2D eigenvalue weighted by atomic mass is 10.1. The summed E-state index contributed by atoms with van der Waals surface area (Å²) in [5, 5.41) is 19.7. The topological polar surface area (TPSA) is 136 Å². The number of nitriles is 1. The van der Waals surface area contributed by atoms with E-state index >= 15 is 0 Å². The van der Waals surface area contributed by atoms with Gasteiger partial charge in [-0.15, -0.1) is 0 Å². The Morgan fingerprint density at radius 1 is 1.27 bits per heavy atom. The Bertz CT molecular complexity index is 1010. The molecular weight excluding hydrogens is 345 g/mol. The maximum Gasteiger partial charge on any atom is 0.409 e. The molecule has 0 atom stereocenters. The van der Waals surface area contributed by atoms with E-state index in [1.807, 2.05) is 0 Å². The Balaban J connectivity index is 2.10. The Kier molecular flexibility index (Phi) is 4.12. The number of hydrogen-bond acceptors (Lipinski definition) is 6. The van der Waals surface area contributed by atoms with Crippen molar-refractivity contribution in [2.75, 3.05) is 4.90 Å². The van der Waals surface area contributed by atoms with Crippen LogP contribution in [0.2, 0.25) is 0 Å². The van der Waals surface area contributed by atoms with Gasteiger partial charge in [-0.1, -0.05) is 0 Å². The van der Waals surface area contributed by atoms with Crippen molar-refractivity contribution in [3.8, 4) is 17.5 Å². The molecule has 0 bridgehead atoms. The number of nitrogens with zero attached hydrogens (tertiary/aromatic N) is 4. The summed E-state index contributed by atoms with van der Waals surface area (Å²) in [6.07, 6.45) is 2.02. The molecule has 0 saturated heterocycles. The number of rotatable bonds is 3. The number of halogens is 1. The average molecular weight is 353 g/mol. The predicted molar refractivity (Wildman–Crippen MR) is 83.9 cm³/mol. The van der Waals surface area contributed by atoms with Crippen LogP contribution in [-0.2, 0) is 9.59 Å². The second-order valence-corrected chi connectivity index (χ2v) is 5.00. The van der Waals surface area contributed by atoms with Gasteiger partial charge in [-0.25, -0.2) is 24.1 Å². The highest BCUT2D eigenvalue weighted by atomic mass is 19.1. The first-order valence-corrected chi connectivity index (χ1v) is 7.03. The van der Waals surface area contributed by atoms with Gasteiger partial charge in [0.05, 0.1) is 17.3 Å². The standard InChI is InChI=1S/C16H8FN5O4/c17-10-4-8(7-18)9(14-19-2-1-3-20-14)5-12(10)22-13(23)6-11(15(22)24)21-16(25)26/h1-6,21H,(H,25,26). The zero-order chi connectivity index (χ0) is 18.8. The van der Waals surface area contributed by atoms with Crippen molar-refractivity contribution in [3.05, 3.63) is 53.7 Å². The SMILES string of the molecule is N#Cc1cc(F)c(N2C(=O)C=C(NC(=O)O)C2=O)cc1-c1ncccn1. The third-order valence-electron chi connectivity index (χ3n) is 3.42. The number of nitrogens with one attached hydrogen (secondary N) is 1. The number of carboxylic acid groups (broad SMARTS) is 1. The van der Waals surface area contributed by atoms with E-state index in [1.54, 1.807) is 17.5 Å². The Hall–Kier alpha value is -4.13. The van der Waals surface area contributed by atoms with Crippen LogP contribution < -0.4 is 10.2 Å². The number of amides is 3. The van der Waals surface area contributed by atoms with Crippen molar-refractivity contribution in [3.63, 3.8) is 0 Å². The van der Waals surface area contributed by atoms with Crippen LogP contribution >= 0.6 is 0 Å². The van der Waals surface area contributed by atoms with Crippen LogP contribution in [0.1, 0.15) is 5.56 Å². The number of aromatic nitrogens is 2. The number of anilines is 1. The third-order valence-corrected chi connectivity index (χ3v) is 3.42. The van der Waals surface area contributed by atoms with Crippen LogP contribution in [-0.4, -0.2) is 33.0 Å². The van der Waals surface area contributed by atoms with Crippen molar-refractivity contribution in [1.29, 1.82) is 5.26 Å². The Morgan fingerprint density at radius 3 is 2.58 bits per heavy atom. The first-order chi connectivity index (χ1) is 12.4. The molecule has 0 unspecified atom stereocenters. The lowest BCUT2D eigenvalue weighted by Gasteiger charge is -2.17. The molecular formula is C16H8FN5O4. The predicted octanol–water partition coefficient (Wildman–Crippen LogP) is 1.18. The van der Waals surface area contributed by atoms with Gasteiger partial charge >= 0.3 is 6.09 Å².